The van der Waals surface area contributed by atoms with Crippen molar-refractivity contribution in [2.24, 2.45) is 0 Å². The van der Waals surface area contributed by atoms with Gasteiger partial charge in [-0.25, -0.2) is 0 Å². The van der Waals surface area contributed by atoms with Crippen LogP contribution in [0.25, 0.3) is 98.4 Å². The lowest BCUT2D eigenvalue weighted by atomic mass is 9.83. The number of benzene rings is 10. The van der Waals surface area contributed by atoms with E-state index in [1.54, 1.807) is 0 Å². The molecule has 0 atom stereocenters. The quantitative estimate of drug-likeness (QED) is 0.134. The van der Waals surface area contributed by atoms with Gasteiger partial charge in [0.05, 0.1) is 0 Å². The Bertz CT molecular complexity index is 2830. The average Bonchev–Trinajstić information content (AvgIpc) is 3.19. The summed E-state index contributed by atoms with van der Waals surface area (Å²) in [4.78, 5) is 0. The average molecular weight is 633 g/mol. The molecule has 0 saturated carbocycles. The fraction of sp³-hybridized carbons (Fsp3) is 0. The summed E-state index contributed by atoms with van der Waals surface area (Å²) >= 11 is 0. The molecule has 0 nitrogen and oxygen atoms in total. The Kier molecular flexibility index (Phi) is 6.60. The van der Waals surface area contributed by atoms with Gasteiger partial charge in [0.2, 0.25) is 0 Å². The van der Waals surface area contributed by atoms with Gasteiger partial charge in [-0.15, -0.1) is 0 Å². The number of hydrogen-bond acceptors (Lipinski definition) is 0. The van der Waals surface area contributed by atoms with Crippen LogP contribution in [0, 0.1) is 0 Å². The van der Waals surface area contributed by atoms with Crippen LogP contribution < -0.4 is 0 Å². The van der Waals surface area contributed by atoms with E-state index in [-0.39, 0.29) is 0 Å². The number of hydrogen-bond donors (Lipinski definition) is 0. The first kappa shape index (κ1) is 28.5. The second kappa shape index (κ2) is 11.6. The van der Waals surface area contributed by atoms with Crippen LogP contribution in [0.5, 0.6) is 0 Å². The van der Waals surface area contributed by atoms with E-state index in [2.05, 4.69) is 194 Å². The second-order valence-corrected chi connectivity index (χ2v) is 13.2. The minimum Gasteiger partial charge on any atom is -0.0616 e. The smallest absolute Gasteiger partial charge is 0.00199 e. The molecular weight excluding hydrogens is 601 g/mol. The SMILES string of the molecule is c1ccc2c(-c3ccc(-c4ccc(-c5c6ccccc6c(-c6cc7ccccc7c7ccccc67)c6ccccc56)cc4)cc3)cccc2c1. The largest absolute Gasteiger partial charge is 0.0616 e. The van der Waals surface area contributed by atoms with Crippen LogP contribution in [0.2, 0.25) is 0 Å². The zero-order valence-electron chi connectivity index (χ0n) is 27.5. The van der Waals surface area contributed by atoms with E-state index in [1.165, 1.54) is 98.4 Å². The zero-order chi connectivity index (χ0) is 33.0. The summed E-state index contributed by atoms with van der Waals surface area (Å²) in [5.41, 5.74) is 10.0. The molecule has 0 N–H and O–H groups in total. The van der Waals surface area contributed by atoms with Crippen molar-refractivity contribution in [3.8, 4) is 44.5 Å². The third-order valence-corrected chi connectivity index (χ3v) is 10.5. The highest BCUT2D eigenvalue weighted by Crippen LogP contribution is 2.46. The van der Waals surface area contributed by atoms with Gasteiger partial charge in [0.1, 0.15) is 0 Å². The molecule has 10 aromatic rings. The first-order valence-electron chi connectivity index (χ1n) is 17.4. The van der Waals surface area contributed by atoms with E-state index in [9.17, 15) is 0 Å². The highest BCUT2D eigenvalue weighted by Gasteiger charge is 2.19. The molecule has 0 unspecified atom stereocenters. The maximum absolute atomic E-state index is 2.39. The topological polar surface area (TPSA) is 0 Å². The van der Waals surface area contributed by atoms with Crippen molar-refractivity contribution < 1.29 is 0 Å². The summed E-state index contributed by atoms with van der Waals surface area (Å²) in [5.74, 6) is 0. The normalized spacial score (nSPS) is 11.6. The van der Waals surface area contributed by atoms with Gasteiger partial charge in [-0.1, -0.05) is 188 Å². The molecule has 0 heteroatoms. The maximum Gasteiger partial charge on any atom is -0.00199 e. The molecule has 0 aromatic heterocycles. The van der Waals surface area contributed by atoms with Gasteiger partial charge < -0.3 is 0 Å². The lowest BCUT2D eigenvalue weighted by molar-refractivity contribution is 1.60. The molecule has 0 amide bonds. The summed E-state index contributed by atoms with van der Waals surface area (Å²) in [5, 5.41) is 12.8. The van der Waals surface area contributed by atoms with Crippen LogP contribution in [-0.2, 0) is 0 Å². The minimum atomic E-state index is 1.21. The number of rotatable bonds is 4. The third kappa shape index (κ3) is 4.54. The summed E-state index contributed by atoms with van der Waals surface area (Å²) in [7, 11) is 0. The molecule has 0 fully saturated rings. The predicted octanol–water partition coefficient (Wildman–Crippen LogP) is 14.1. The van der Waals surface area contributed by atoms with Gasteiger partial charge in [-0.2, -0.15) is 0 Å². The molecule has 0 bridgehead atoms. The van der Waals surface area contributed by atoms with E-state index in [0.29, 0.717) is 0 Å². The van der Waals surface area contributed by atoms with Crippen LogP contribution in [-0.4, -0.2) is 0 Å². The van der Waals surface area contributed by atoms with Crippen LogP contribution in [0.4, 0.5) is 0 Å². The van der Waals surface area contributed by atoms with Gasteiger partial charge in [0, 0.05) is 0 Å². The summed E-state index contributed by atoms with van der Waals surface area (Å²) in [6, 6.07) is 71.2. The standard InChI is InChI=1S/C50H32/c1-3-15-39-35(12-1)14-11-23-40(39)36-28-24-33(25-29-36)34-26-30-37(31-27-34)49-44-19-7-9-21-46(44)50(47-22-10-8-20-45(47)49)48-32-38-13-2-4-16-41(38)42-17-5-6-18-43(42)48/h1-32H. The minimum absolute atomic E-state index is 1.21. The molecule has 0 aliphatic carbocycles. The molecule has 0 spiro atoms. The summed E-state index contributed by atoms with van der Waals surface area (Å²) in [6.45, 7) is 0. The Hall–Kier alpha value is -6.50. The van der Waals surface area contributed by atoms with Crippen LogP contribution in [0.15, 0.2) is 194 Å². The molecule has 10 aromatic carbocycles. The van der Waals surface area contributed by atoms with Crippen molar-refractivity contribution in [3.63, 3.8) is 0 Å². The summed E-state index contributed by atoms with van der Waals surface area (Å²) in [6.07, 6.45) is 0. The molecule has 0 radical (unpaired) electrons. The highest BCUT2D eigenvalue weighted by molar-refractivity contribution is 6.25. The molecule has 50 heavy (non-hydrogen) atoms. The monoisotopic (exact) mass is 632 g/mol. The first-order chi connectivity index (χ1) is 24.8. The van der Waals surface area contributed by atoms with Gasteiger partial charge in [0.25, 0.3) is 0 Å². The van der Waals surface area contributed by atoms with Crippen molar-refractivity contribution in [2.75, 3.05) is 0 Å². The second-order valence-electron chi connectivity index (χ2n) is 13.2. The van der Waals surface area contributed by atoms with Gasteiger partial charge in [-0.3, -0.25) is 0 Å². The zero-order valence-corrected chi connectivity index (χ0v) is 27.5. The lowest BCUT2D eigenvalue weighted by Crippen LogP contribution is -1.92. The fourth-order valence-electron chi connectivity index (χ4n) is 8.14. The molecule has 0 aliphatic heterocycles. The Morgan fingerprint density at radius 3 is 1.24 bits per heavy atom. The van der Waals surface area contributed by atoms with Gasteiger partial charge >= 0.3 is 0 Å². The van der Waals surface area contributed by atoms with E-state index < -0.39 is 0 Å². The fourth-order valence-corrected chi connectivity index (χ4v) is 8.14. The molecule has 10 rings (SSSR count). The Balaban J connectivity index is 1.12. The summed E-state index contributed by atoms with van der Waals surface area (Å²) < 4.78 is 0. The Labute approximate surface area is 291 Å². The van der Waals surface area contributed by atoms with E-state index in [4.69, 9.17) is 0 Å². The van der Waals surface area contributed by atoms with Crippen LogP contribution in [0.1, 0.15) is 0 Å². The molecule has 0 aliphatic rings. The Morgan fingerprint density at radius 1 is 0.200 bits per heavy atom. The Morgan fingerprint density at radius 2 is 0.620 bits per heavy atom. The van der Waals surface area contributed by atoms with Crippen molar-refractivity contribution in [2.45, 2.75) is 0 Å². The molecule has 232 valence electrons. The van der Waals surface area contributed by atoms with Gasteiger partial charge in [0.15, 0.2) is 0 Å². The van der Waals surface area contributed by atoms with Crippen LogP contribution in [0.3, 0.4) is 0 Å². The van der Waals surface area contributed by atoms with Crippen molar-refractivity contribution in [1.82, 2.24) is 0 Å². The van der Waals surface area contributed by atoms with Crippen LogP contribution >= 0.6 is 0 Å². The molecule has 0 saturated heterocycles. The third-order valence-electron chi connectivity index (χ3n) is 10.5. The van der Waals surface area contributed by atoms with E-state index in [1.807, 2.05) is 0 Å². The first-order valence-corrected chi connectivity index (χ1v) is 17.4. The van der Waals surface area contributed by atoms with Crippen molar-refractivity contribution in [1.29, 1.82) is 0 Å². The molecule has 0 heterocycles. The molecular formula is C50H32. The van der Waals surface area contributed by atoms with Crippen molar-refractivity contribution in [3.05, 3.63) is 194 Å². The lowest BCUT2D eigenvalue weighted by Gasteiger charge is -2.19. The van der Waals surface area contributed by atoms with E-state index >= 15 is 0 Å². The van der Waals surface area contributed by atoms with E-state index in [0.717, 1.165) is 0 Å². The number of fused-ring (bicyclic) bond motifs is 6. The van der Waals surface area contributed by atoms with Gasteiger partial charge in [-0.05, 0) is 104 Å². The van der Waals surface area contributed by atoms with Crippen molar-refractivity contribution >= 4 is 53.9 Å². The maximum atomic E-state index is 2.39. The predicted molar refractivity (Wildman–Crippen MR) is 216 cm³/mol. The highest BCUT2D eigenvalue weighted by atomic mass is 14.2.